The SMILES string of the molecule is C=C(/C=C\C)CC/C(=C/C)C1=C(C)C(C)(CCC)N=C1C. The summed E-state index contributed by atoms with van der Waals surface area (Å²) in [5.74, 6) is 0. The zero-order valence-electron chi connectivity index (χ0n) is 14.7. The molecule has 1 aliphatic rings. The average Bonchev–Trinajstić information content (AvgIpc) is 2.63. The molecule has 21 heavy (non-hydrogen) atoms. The van der Waals surface area contributed by atoms with Crippen LogP contribution in [0.25, 0.3) is 0 Å². The maximum absolute atomic E-state index is 4.97. The predicted octanol–water partition coefficient (Wildman–Crippen LogP) is 6.20. The topological polar surface area (TPSA) is 12.4 Å². The molecule has 0 radical (unpaired) electrons. The largest absolute Gasteiger partial charge is 0.279 e. The molecule has 1 heterocycles. The van der Waals surface area contributed by atoms with Crippen molar-refractivity contribution in [3.05, 3.63) is 47.1 Å². The van der Waals surface area contributed by atoms with Crippen LogP contribution in [-0.4, -0.2) is 11.3 Å². The molecular weight excluding hydrogens is 254 g/mol. The molecule has 1 heteroatoms. The van der Waals surface area contributed by atoms with Gasteiger partial charge >= 0.3 is 0 Å². The number of nitrogens with zero attached hydrogens (tertiary/aromatic N) is 1. The van der Waals surface area contributed by atoms with Crippen molar-refractivity contribution in [2.45, 2.75) is 72.8 Å². The Morgan fingerprint density at radius 3 is 2.43 bits per heavy atom. The lowest BCUT2D eigenvalue weighted by molar-refractivity contribution is 0.507. The summed E-state index contributed by atoms with van der Waals surface area (Å²) < 4.78 is 0. The molecule has 0 saturated carbocycles. The number of hydrogen-bond acceptors (Lipinski definition) is 1. The van der Waals surface area contributed by atoms with Gasteiger partial charge in [0.1, 0.15) is 0 Å². The normalized spacial score (nSPS) is 23.1. The number of allylic oxidation sites excluding steroid dienone is 6. The van der Waals surface area contributed by atoms with Crippen LogP contribution in [0, 0.1) is 0 Å². The minimum absolute atomic E-state index is 0.00274. The molecule has 0 aromatic rings. The molecule has 0 spiro atoms. The van der Waals surface area contributed by atoms with Gasteiger partial charge in [0.15, 0.2) is 0 Å². The molecule has 0 aliphatic carbocycles. The van der Waals surface area contributed by atoms with Gasteiger partial charge in [-0.3, -0.25) is 4.99 Å². The Morgan fingerprint density at radius 2 is 1.90 bits per heavy atom. The minimum atomic E-state index is 0.00274. The van der Waals surface area contributed by atoms with E-state index in [2.05, 4.69) is 59.4 Å². The smallest absolute Gasteiger partial charge is 0.0798 e. The lowest BCUT2D eigenvalue weighted by atomic mass is 9.84. The van der Waals surface area contributed by atoms with Crippen LogP contribution < -0.4 is 0 Å². The Morgan fingerprint density at radius 1 is 1.24 bits per heavy atom. The molecule has 0 bridgehead atoms. The molecule has 1 aliphatic heterocycles. The number of rotatable bonds is 7. The minimum Gasteiger partial charge on any atom is -0.279 e. The van der Waals surface area contributed by atoms with E-state index in [1.54, 1.807) is 0 Å². The van der Waals surface area contributed by atoms with Crippen LogP contribution in [0.3, 0.4) is 0 Å². The molecule has 1 unspecified atom stereocenters. The van der Waals surface area contributed by atoms with Gasteiger partial charge in [0.2, 0.25) is 0 Å². The van der Waals surface area contributed by atoms with E-state index in [0.717, 1.165) is 19.3 Å². The summed E-state index contributed by atoms with van der Waals surface area (Å²) in [6, 6.07) is 0. The van der Waals surface area contributed by atoms with Crippen LogP contribution in [0.2, 0.25) is 0 Å². The quantitative estimate of drug-likeness (QED) is 0.494. The molecule has 0 amide bonds. The third-order valence-electron chi connectivity index (χ3n) is 4.48. The van der Waals surface area contributed by atoms with Crippen molar-refractivity contribution in [2.24, 2.45) is 4.99 Å². The second-order valence-electron chi connectivity index (χ2n) is 6.19. The summed E-state index contributed by atoms with van der Waals surface area (Å²) in [4.78, 5) is 4.97. The summed E-state index contributed by atoms with van der Waals surface area (Å²) in [6.07, 6.45) is 10.8. The molecule has 116 valence electrons. The van der Waals surface area contributed by atoms with Crippen molar-refractivity contribution >= 4 is 5.71 Å². The second kappa shape index (κ2) is 7.59. The molecule has 0 aromatic carbocycles. The van der Waals surface area contributed by atoms with Crippen molar-refractivity contribution in [1.82, 2.24) is 0 Å². The van der Waals surface area contributed by atoms with Crippen LogP contribution in [0.4, 0.5) is 0 Å². The van der Waals surface area contributed by atoms with E-state index >= 15 is 0 Å². The van der Waals surface area contributed by atoms with Crippen molar-refractivity contribution in [1.29, 1.82) is 0 Å². The average molecular weight is 285 g/mol. The highest BCUT2D eigenvalue weighted by atomic mass is 14.9. The van der Waals surface area contributed by atoms with Gasteiger partial charge in [-0.25, -0.2) is 0 Å². The van der Waals surface area contributed by atoms with Crippen molar-refractivity contribution in [3.63, 3.8) is 0 Å². The van der Waals surface area contributed by atoms with Gasteiger partial charge < -0.3 is 0 Å². The van der Waals surface area contributed by atoms with Gasteiger partial charge in [0.25, 0.3) is 0 Å². The van der Waals surface area contributed by atoms with E-state index in [4.69, 9.17) is 4.99 Å². The van der Waals surface area contributed by atoms with E-state index in [0.29, 0.717) is 0 Å². The molecule has 1 atom stereocenters. The molecule has 0 saturated heterocycles. The van der Waals surface area contributed by atoms with Crippen molar-refractivity contribution in [2.75, 3.05) is 0 Å². The molecule has 0 aromatic heterocycles. The Kier molecular flexibility index (Phi) is 6.39. The Hall–Kier alpha value is -1.37. The molecule has 1 nitrogen and oxygen atoms in total. The Balaban J connectivity index is 2.98. The summed E-state index contributed by atoms with van der Waals surface area (Å²) in [5.41, 5.74) is 6.64. The second-order valence-corrected chi connectivity index (χ2v) is 6.19. The van der Waals surface area contributed by atoms with E-state index in [9.17, 15) is 0 Å². The third kappa shape index (κ3) is 4.06. The fraction of sp³-hybridized carbons (Fsp3) is 0.550. The van der Waals surface area contributed by atoms with Gasteiger partial charge in [-0.05, 0) is 70.6 Å². The van der Waals surface area contributed by atoms with Crippen molar-refractivity contribution in [3.8, 4) is 0 Å². The lowest BCUT2D eigenvalue weighted by Gasteiger charge is -2.23. The first kappa shape index (κ1) is 17.7. The number of aliphatic imine (C=N–C) groups is 1. The third-order valence-corrected chi connectivity index (χ3v) is 4.48. The summed E-state index contributed by atoms with van der Waals surface area (Å²) in [6.45, 7) is 17.2. The van der Waals surface area contributed by atoms with Crippen LogP contribution in [0.1, 0.15) is 67.2 Å². The van der Waals surface area contributed by atoms with E-state index in [1.165, 1.54) is 34.4 Å². The van der Waals surface area contributed by atoms with E-state index in [1.807, 2.05) is 6.92 Å². The van der Waals surface area contributed by atoms with Gasteiger partial charge in [-0.1, -0.05) is 43.7 Å². The van der Waals surface area contributed by atoms with Crippen LogP contribution in [0.5, 0.6) is 0 Å². The van der Waals surface area contributed by atoms with Gasteiger partial charge in [0.05, 0.1) is 5.54 Å². The van der Waals surface area contributed by atoms with E-state index < -0.39 is 0 Å². The van der Waals surface area contributed by atoms with Gasteiger partial charge in [0, 0.05) is 5.71 Å². The number of hydrogen-bond donors (Lipinski definition) is 0. The zero-order chi connectivity index (χ0) is 16.0. The summed E-state index contributed by atoms with van der Waals surface area (Å²) in [5, 5.41) is 0. The summed E-state index contributed by atoms with van der Waals surface area (Å²) >= 11 is 0. The fourth-order valence-electron chi connectivity index (χ4n) is 3.28. The molecule has 1 rings (SSSR count). The monoisotopic (exact) mass is 285 g/mol. The maximum atomic E-state index is 4.97. The highest BCUT2D eigenvalue weighted by Crippen LogP contribution is 2.39. The van der Waals surface area contributed by atoms with E-state index in [-0.39, 0.29) is 5.54 Å². The lowest BCUT2D eigenvalue weighted by Crippen LogP contribution is -2.21. The highest BCUT2D eigenvalue weighted by Gasteiger charge is 2.33. The highest BCUT2D eigenvalue weighted by molar-refractivity contribution is 6.05. The van der Waals surface area contributed by atoms with Crippen LogP contribution in [-0.2, 0) is 0 Å². The van der Waals surface area contributed by atoms with Gasteiger partial charge in [-0.15, -0.1) is 0 Å². The summed E-state index contributed by atoms with van der Waals surface area (Å²) in [7, 11) is 0. The maximum Gasteiger partial charge on any atom is 0.0798 e. The first-order valence-electron chi connectivity index (χ1n) is 8.13. The fourth-order valence-corrected chi connectivity index (χ4v) is 3.28. The zero-order valence-corrected chi connectivity index (χ0v) is 14.7. The Labute approximate surface area is 131 Å². The van der Waals surface area contributed by atoms with Gasteiger partial charge in [-0.2, -0.15) is 0 Å². The van der Waals surface area contributed by atoms with Crippen LogP contribution >= 0.6 is 0 Å². The van der Waals surface area contributed by atoms with Crippen molar-refractivity contribution < 1.29 is 0 Å². The Bertz CT molecular complexity index is 514. The standard InChI is InChI=1S/C20H31N/c1-8-11-15(4)12-13-18(10-3)19-16(5)20(7,14-9-2)21-17(19)6/h8,10-11H,4,9,12-14H2,1-3,5-7H3/b11-8-,18-10-. The molecule has 0 N–H and O–H groups in total. The molecule has 0 fully saturated rings. The first-order chi connectivity index (χ1) is 9.89. The predicted molar refractivity (Wildman–Crippen MR) is 96.1 cm³/mol. The first-order valence-corrected chi connectivity index (χ1v) is 8.13. The van der Waals surface area contributed by atoms with Crippen LogP contribution in [0.15, 0.2) is 52.1 Å². The molecular formula is C20H31N.